The van der Waals surface area contributed by atoms with Gasteiger partial charge in [0.05, 0.1) is 6.61 Å². The third-order valence-electron chi connectivity index (χ3n) is 5.18. The van der Waals surface area contributed by atoms with Crippen molar-refractivity contribution in [1.29, 1.82) is 0 Å². The van der Waals surface area contributed by atoms with Gasteiger partial charge in [-0.15, -0.1) is 24.0 Å². The Kier molecular flexibility index (Phi) is 11.3. The van der Waals surface area contributed by atoms with Crippen LogP contribution in [0.3, 0.4) is 0 Å². The lowest BCUT2D eigenvalue weighted by atomic mass is 10.1. The van der Waals surface area contributed by atoms with E-state index in [1.165, 1.54) is 0 Å². The monoisotopic (exact) mass is 552 g/mol. The predicted molar refractivity (Wildman–Crippen MR) is 139 cm³/mol. The van der Waals surface area contributed by atoms with Gasteiger partial charge in [0.2, 0.25) is 5.91 Å². The van der Waals surface area contributed by atoms with Crippen LogP contribution in [-0.4, -0.2) is 50.7 Å². The number of hydrogen-bond donors (Lipinski definition) is 2. The summed E-state index contributed by atoms with van der Waals surface area (Å²) >= 11 is 0. The number of carbonyl (C=O) groups excluding carboxylic acids is 1. The van der Waals surface area contributed by atoms with Gasteiger partial charge in [0.25, 0.3) is 0 Å². The highest BCUT2D eigenvalue weighted by atomic mass is 127. The van der Waals surface area contributed by atoms with E-state index in [4.69, 9.17) is 9.47 Å². The van der Waals surface area contributed by atoms with Crippen molar-refractivity contribution >= 4 is 41.5 Å². The summed E-state index contributed by atoms with van der Waals surface area (Å²) in [6.07, 6.45) is 2.46. The van der Waals surface area contributed by atoms with Crippen LogP contribution >= 0.6 is 24.0 Å². The molecule has 0 saturated carbocycles. The number of halogens is 1. The van der Waals surface area contributed by atoms with Crippen LogP contribution in [0.15, 0.2) is 53.5 Å². The number of methoxy groups -OCH3 is 1. The molecule has 174 valence electrons. The van der Waals surface area contributed by atoms with Crippen molar-refractivity contribution in [2.75, 3.05) is 39.2 Å². The Morgan fingerprint density at radius 2 is 1.94 bits per heavy atom. The van der Waals surface area contributed by atoms with Crippen LogP contribution in [0.25, 0.3) is 0 Å². The summed E-state index contributed by atoms with van der Waals surface area (Å²) in [5.74, 6) is 1.71. The minimum Gasteiger partial charge on any atom is -0.493 e. The second kappa shape index (κ2) is 13.9. The summed E-state index contributed by atoms with van der Waals surface area (Å²) < 4.78 is 10.8. The van der Waals surface area contributed by atoms with Gasteiger partial charge in [-0.05, 0) is 29.7 Å². The van der Waals surface area contributed by atoms with Crippen molar-refractivity contribution in [2.45, 2.75) is 32.4 Å². The molecule has 1 aliphatic heterocycles. The number of rotatable bonds is 10. The van der Waals surface area contributed by atoms with Gasteiger partial charge in [-0.25, -0.2) is 0 Å². The van der Waals surface area contributed by atoms with Crippen molar-refractivity contribution in [3.63, 3.8) is 0 Å². The maximum absolute atomic E-state index is 12.0. The van der Waals surface area contributed by atoms with Crippen molar-refractivity contribution in [3.05, 3.63) is 59.7 Å². The smallest absolute Gasteiger partial charge is 0.222 e. The molecule has 8 heteroatoms. The summed E-state index contributed by atoms with van der Waals surface area (Å²) in [5, 5.41) is 6.68. The lowest BCUT2D eigenvalue weighted by molar-refractivity contribution is -0.128. The number of benzene rings is 2. The molecule has 2 N–H and O–H groups in total. The first kappa shape index (κ1) is 25.9. The highest BCUT2D eigenvalue weighted by Gasteiger charge is 2.20. The second-order valence-corrected chi connectivity index (χ2v) is 7.46. The number of anilines is 1. The molecule has 0 spiro atoms. The minimum absolute atomic E-state index is 0. The van der Waals surface area contributed by atoms with E-state index in [-0.39, 0.29) is 29.9 Å². The number of guanidine groups is 1. The Labute approximate surface area is 207 Å². The normalized spacial score (nSPS) is 13.6. The Hall–Kier alpha value is -2.33. The number of likely N-dealkylation sites (tertiary alicyclic amines) is 1. The maximum Gasteiger partial charge on any atom is 0.222 e. The number of hydrogen-bond acceptors (Lipinski definition) is 4. The molecule has 1 amide bonds. The first-order chi connectivity index (χ1) is 15.2. The third kappa shape index (κ3) is 7.98. The standard InChI is InChI=1S/C24H32N4O3.HI/c1-25-24(27-21-10-5-11-22(16-21)31-15-7-14-30-2)26-17-19-8-3-4-9-20(19)18-28-13-6-12-23(28)29;/h3-5,8-11,16H,6-7,12-15,17-18H2,1-2H3,(H2,25,26,27);1H. The highest BCUT2D eigenvalue weighted by Crippen LogP contribution is 2.19. The van der Waals surface area contributed by atoms with Crippen LogP contribution in [0.4, 0.5) is 5.69 Å². The molecule has 32 heavy (non-hydrogen) atoms. The molecule has 1 saturated heterocycles. The van der Waals surface area contributed by atoms with Gasteiger partial charge in [0, 0.05) is 65.0 Å². The molecule has 3 rings (SSSR count). The zero-order valence-corrected chi connectivity index (χ0v) is 21.1. The first-order valence-corrected chi connectivity index (χ1v) is 10.7. The molecular weight excluding hydrogens is 519 g/mol. The minimum atomic E-state index is 0. The fourth-order valence-corrected chi connectivity index (χ4v) is 3.51. The molecule has 0 unspecified atom stereocenters. The van der Waals surface area contributed by atoms with Crippen LogP contribution in [0, 0.1) is 0 Å². The maximum atomic E-state index is 12.0. The van der Waals surface area contributed by atoms with Gasteiger partial charge >= 0.3 is 0 Å². The van der Waals surface area contributed by atoms with Gasteiger partial charge in [0.1, 0.15) is 5.75 Å². The lowest BCUT2D eigenvalue weighted by Crippen LogP contribution is -2.31. The number of carbonyl (C=O) groups is 1. The quantitative estimate of drug-likeness (QED) is 0.202. The second-order valence-electron chi connectivity index (χ2n) is 7.46. The van der Waals surface area contributed by atoms with Crippen LogP contribution in [-0.2, 0) is 22.6 Å². The molecule has 0 aromatic heterocycles. The van der Waals surface area contributed by atoms with Crippen LogP contribution in [0.1, 0.15) is 30.4 Å². The Morgan fingerprint density at radius 1 is 1.12 bits per heavy atom. The molecule has 0 atom stereocenters. The Morgan fingerprint density at radius 3 is 2.66 bits per heavy atom. The van der Waals surface area contributed by atoms with Gasteiger partial charge in [0.15, 0.2) is 5.96 Å². The number of nitrogens with one attached hydrogen (secondary N) is 2. The van der Waals surface area contributed by atoms with Crippen LogP contribution in [0.5, 0.6) is 5.75 Å². The van der Waals surface area contributed by atoms with Crippen LogP contribution < -0.4 is 15.4 Å². The number of nitrogens with zero attached hydrogens (tertiary/aromatic N) is 2. The van der Waals surface area contributed by atoms with Gasteiger partial charge < -0.3 is 25.0 Å². The molecule has 0 aliphatic carbocycles. The van der Waals surface area contributed by atoms with Gasteiger partial charge in [-0.1, -0.05) is 30.3 Å². The molecule has 1 heterocycles. The Bertz CT molecular complexity index is 891. The zero-order valence-electron chi connectivity index (χ0n) is 18.8. The van der Waals surface area contributed by atoms with Crippen LogP contribution in [0.2, 0.25) is 0 Å². The molecule has 2 aromatic rings. The zero-order chi connectivity index (χ0) is 21.9. The Balaban J connectivity index is 0.00000363. The van der Waals surface area contributed by atoms with Crippen molar-refractivity contribution < 1.29 is 14.3 Å². The van der Waals surface area contributed by atoms with E-state index in [2.05, 4.69) is 27.8 Å². The number of ether oxygens (including phenoxy) is 2. The third-order valence-corrected chi connectivity index (χ3v) is 5.18. The van der Waals surface area contributed by atoms with Crippen molar-refractivity contribution in [3.8, 4) is 5.75 Å². The lowest BCUT2D eigenvalue weighted by Gasteiger charge is -2.19. The number of aliphatic imine (C=N–C) groups is 1. The fourth-order valence-electron chi connectivity index (χ4n) is 3.51. The SMILES string of the molecule is CN=C(NCc1ccccc1CN1CCCC1=O)Nc1cccc(OCCCOC)c1.I. The molecule has 0 bridgehead atoms. The predicted octanol–water partition coefficient (Wildman–Crippen LogP) is 4.03. The molecule has 2 aromatic carbocycles. The van der Waals surface area contributed by atoms with E-state index < -0.39 is 0 Å². The summed E-state index contributed by atoms with van der Waals surface area (Å²) in [5.41, 5.74) is 3.21. The average molecular weight is 552 g/mol. The van der Waals surface area contributed by atoms with Gasteiger partial charge in [-0.2, -0.15) is 0 Å². The topological polar surface area (TPSA) is 75.2 Å². The summed E-state index contributed by atoms with van der Waals surface area (Å²) in [4.78, 5) is 18.3. The fraction of sp³-hybridized carbons (Fsp3) is 0.417. The van der Waals surface area contributed by atoms with E-state index in [1.54, 1.807) is 14.2 Å². The largest absolute Gasteiger partial charge is 0.493 e. The summed E-state index contributed by atoms with van der Waals surface area (Å²) in [7, 11) is 3.43. The van der Waals surface area contributed by atoms with E-state index in [0.717, 1.165) is 42.0 Å². The molecule has 0 radical (unpaired) electrons. The van der Waals surface area contributed by atoms with Crippen molar-refractivity contribution in [2.24, 2.45) is 4.99 Å². The van der Waals surface area contributed by atoms with Gasteiger partial charge in [-0.3, -0.25) is 9.79 Å². The van der Waals surface area contributed by atoms with E-state index in [1.807, 2.05) is 41.3 Å². The van der Waals surface area contributed by atoms with E-state index >= 15 is 0 Å². The van der Waals surface area contributed by atoms with E-state index in [9.17, 15) is 4.79 Å². The first-order valence-electron chi connectivity index (χ1n) is 10.7. The summed E-state index contributed by atoms with van der Waals surface area (Å²) in [6, 6.07) is 16.0. The molecule has 1 fully saturated rings. The molecule has 1 aliphatic rings. The molecule has 7 nitrogen and oxygen atoms in total. The average Bonchev–Trinajstić information content (AvgIpc) is 3.19. The summed E-state index contributed by atoms with van der Waals surface area (Å²) in [6.45, 7) is 3.41. The van der Waals surface area contributed by atoms with E-state index in [0.29, 0.717) is 38.7 Å². The highest BCUT2D eigenvalue weighted by molar-refractivity contribution is 14.0. The number of amides is 1. The molecular formula is C24H33IN4O3. The van der Waals surface area contributed by atoms with Crippen molar-refractivity contribution in [1.82, 2.24) is 10.2 Å².